The zero-order valence-corrected chi connectivity index (χ0v) is 21.8. The van der Waals surface area contributed by atoms with Gasteiger partial charge in [-0.2, -0.15) is 0 Å². The standard InChI is InChI=1S/C31H35N5O2/c1-23-15-16-26(22-28(23)35-30(37)24-11-6-5-7-12-24)31(38)34-27-14-10-13-25(21-27)29-33-18-20-36(29)19-9-4-2-3-8-17-32/h5-7,10-16,18,20-22H,2-4,8-9,17,19,32H2,1H3,(H,34,38)(H,35,37). The van der Waals surface area contributed by atoms with Crippen LogP contribution in [0.15, 0.2) is 85.2 Å². The summed E-state index contributed by atoms with van der Waals surface area (Å²) in [6.07, 6.45) is 9.51. The Labute approximate surface area is 224 Å². The maximum atomic E-state index is 13.1. The van der Waals surface area contributed by atoms with Crippen LogP contribution in [-0.2, 0) is 6.54 Å². The lowest BCUT2D eigenvalue weighted by atomic mass is 10.1. The number of nitrogens with zero attached hydrogens (tertiary/aromatic N) is 2. The quantitative estimate of drug-likeness (QED) is 0.196. The molecule has 7 nitrogen and oxygen atoms in total. The third kappa shape index (κ3) is 7.17. The lowest BCUT2D eigenvalue weighted by Crippen LogP contribution is -2.15. The Bertz CT molecular complexity index is 1360. The molecule has 4 aromatic rings. The van der Waals surface area contributed by atoms with Gasteiger partial charge < -0.3 is 20.9 Å². The van der Waals surface area contributed by atoms with E-state index in [0.717, 1.165) is 49.3 Å². The Morgan fingerprint density at radius 2 is 1.58 bits per heavy atom. The van der Waals surface area contributed by atoms with E-state index in [-0.39, 0.29) is 11.8 Å². The van der Waals surface area contributed by atoms with Gasteiger partial charge in [-0.3, -0.25) is 9.59 Å². The summed E-state index contributed by atoms with van der Waals surface area (Å²) in [6.45, 7) is 3.55. The van der Waals surface area contributed by atoms with Crippen LogP contribution in [-0.4, -0.2) is 27.9 Å². The minimum absolute atomic E-state index is 0.218. The summed E-state index contributed by atoms with van der Waals surface area (Å²) < 4.78 is 2.16. The zero-order valence-electron chi connectivity index (χ0n) is 21.8. The van der Waals surface area contributed by atoms with E-state index in [4.69, 9.17) is 5.73 Å². The van der Waals surface area contributed by atoms with Crippen molar-refractivity contribution in [1.29, 1.82) is 0 Å². The Morgan fingerprint density at radius 3 is 2.39 bits per heavy atom. The summed E-state index contributed by atoms with van der Waals surface area (Å²) in [4.78, 5) is 30.3. The van der Waals surface area contributed by atoms with E-state index in [1.165, 1.54) is 12.8 Å². The van der Waals surface area contributed by atoms with Crippen LogP contribution in [0.25, 0.3) is 11.4 Å². The van der Waals surface area contributed by atoms with Crippen LogP contribution < -0.4 is 16.4 Å². The predicted octanol–water partition coefficient (Wildman–Crippen LogP) is 6.27. The molecule has 2 amide bonds. The van der Waals surface area contributed by atoms with Crippen LogP contribution in [0.1, 0.15) is 58.4 Å². The normalized spacial score (nSPS) is 10.8. The molecular weight excluding hydrogens is 474 g/mol. The number of amides is 2. The van der Waals surface area contributed by atoms with Crippen molar-refractivity contribution >= 4 is 23.2 Å². The van der Waals surface area contributed by atoms with E-state index < -0.39 is 0 Å². The lowest BCUT2D eigenvalue weighted by molar-refractivity contribution is 0.101. The minimum Gasteiger partial charge on any atom is -0.331 e. The molecule has 0 aliphatic heterocycles. The van der Waals surface area contributed by atoms with Crippen molar-refractivity contribution in [3.63, 3.8) is 0 Å². The molecule has 0 saturated heterocycles. The van der Waals surface area contributed by atoms with Crippen molar-refractivity contribution < 1.29 is 9.59 Å². The van der Waals surface area contributed by atoms with E-state index in [9.17, 15) is 9.59 Å². The molecule has 0 aliphatic rings. The average Bonchev–Trinajstić information content (AvgIpc) is 3.41. The maximum absolute atomic E-state index is 13.1. The number of benzene rings is 3. The molecule has 7 heteroatoms. The van der Waals surface area contributed by atoms with Crippen molar-refractivity contribution in [2.45, 2.75) is 45.6 Å². The summed E-state index contributed by atoms with van der Waals surface area (Å²) in [7, 11) is 0. The zero-order chi connectivity index (χ0) is 26.7. The number of hydrogen-bond donors (Lipinski definition) is 3. The molecule has 0 radical (unpaired) electrons. The highest BCUT2D eigenvalue weighted by atomic mass is 16.2. The highest BCUT2D eigenvalue weighted by molar-refractivity contribution is 6.07. The number of hydrogen-bond acceptors (Lipinski definition) is 4. The molecule has 0 saturated carbocycles. The first kappa shape index (κ1) is 26.8. The number of carbonyl (C=O) groups is 2. The van der Waals surface area contributed by atoms with E-state index in [1.807, 2.05) is 67.8 Å². The Kier molecular flexibility index (Phi) is 9.43. The largest absolute Gasteiger partial charge is 0.331 e. The van der Waals surface area contributed by atoms with Gasteiger partial charge in [-0.1, -0.05) is 55.7 Å². The number of rotatable bonds is 12. The third-order valence-electron chi connectivity index (χ3n) is 6.48. The van der Waals surface area contributed by atoms with Gasteiger partial charge in [0, 0.05) is 47.0 Å². The van der Waals surface area contributed by atoms with Crippen LogP contribution in [0.4, 0.5) is 11.4 Å². The van der Waals surface area contributed by atoms with Gasteiger partial charge in [0.15, 0.2) is 0 Å². The molecule has 0 spiro atoms. The number of carbonyl (C=O) groups excluding carboxylic acids is 2. The van der Waals surface area contributed by atoms with E-state index in [0.29, 0.717) is 22.5 Å². The molecule has 0 fully saturated rings. The highest BCUT2D eigenvalue weighted by Gasteiger charge is 2.13. The molecule has 196 valence electrons. The van der Waals surface area contributed by atoms with Crippen LogP contribution in [0.2, 0.25) is 0 Å². The van der Waals surface area contributed by atoms with Crippen molar-refractivity contribution in [3.05, 3.63) is 102 Å². The van der Waals surface area contributed by atoms with Crippen LogP contribution in [0.5, 0.6) is 0 Å². The Hall–Kier alpha value is -4.23. The smallest absolute Gasteiger partial charge is 0.255 e. The lowest BCUT2D eigenvalue weighted by Gasteiger charge is -2.12. The highest BCUT2D eigenvalue weighted by Crippen LogP contribution is 2.24. The first-order chi connectivity index (χ1) is 18.5. The second kappa shape index (κ2) is 13.4. The molecule has 38 heavy (non-hydrogen) atoms. The fraction of sp³-hybridized carbons (Fsp3) is 0.258. The molecule has 3 aromatic carbocycles. The van der Waals surface area contributed by atoms with Gasteiger partial charge in [0.05, 0.1) is 0 Å². The number of nitrogens with two attached hydrogens (primary N) is 1. The van der Waals surface area contributed by atoms with Crippen molar-refractivity contribution in [3.8, 4) is 11.4 Å². The second-order valence-electron chi connectivity index (χ2n) is 9.39. The van der Waals surface area contributed by atoms with Crippen molar-refractivity contribution in [1.82, 2.24) is 9.55 Å². The Morgan fingerprint density at radius 1 is 0.816 bits per heavy atom. The summed E-state index contributed by atoms with van der Waals surface area (Å²) in [5.74, 6) is 0.410. The minimum atomic E-state index is -0.252. The Balaban J connectivity index is 1.41. The summed E-state index contributed by atoms with van der Waals surface area (Å²) in [5, 5.41) is 5.90. The summed E-state index contributed by atoms with van der Waals surface area (Å²) in [6, 6.07) is 22.0. The number of aromatic nitrogens is 2. The third-order valence-corrected chi connectivity index (χ3v) is 6.48. The van der Waals surface area contributed by atoms with Crippen molar-refractivity contribution in [2.24, 2.45) is 5.73 Å². The molecule has 0 aliphatic carbocycles. The van der Waals surface area contributed by atoms with Gasteiger partial charge in [0.25, 0.3) is 11.8 Å². The topological polar surface area (TPSA) is 102 Å². The second-order valence-corrected chi connectivity index (χ2v) is 9.39. The summed E-state index contributed by atoms with van der Waals surface area (Å²) >= 11 is 0. The molecule has 4 N–H and O–H groups in total. The first-order valence-electron chi connectivity index (χ1n) is 13.1. The van der Waals surface area contributed by atoms with E-state index >= 15 is 0 Å². The maximum Gasteiger partial charge on any atom is 0.255 e. The van der Waals surface area contributed by atoms with Crippen LogP contribution in [0.3, 0.4) is 0 Å². The molecule has 0 unspecified atom stereocenters. The van der Waals surface area contributed by atoms with Gasteiger partial charge in [0.1, 0.15) is 5.82 Å². The fourth-order valence-electron chi connectivity index (χ4n) is 4.33. The van der Waals surface area contributed by atoms with E-state index in [2.05, 4.69) is 20.2 Å². The van der Waals surface area contributed by atoms with Gasteiger partial charge in [-0.25, -0.2) is 4.98 Å². The molecule has 0 atom stereocenters. The summed E-state index contributed by atoms with van der Waals surface area (Å²) in [5.41, 5.74) is 9.69. The van der Waals surface area contributed by atoms with Gasteiger partial charge >= 0.3 is 0 Å². The molecule has 4 rings (SSSR count). The number of aryl methyl sites for hydroxylation is 2. The molecule has 1 aromatic heterocycles. The first-order valence-corrected chi connectivity index (χ1v) is 13.1. The SMILES string of the molecule is Cc1ccc(C(=O)Nc2cccc(-c3nccn3CCCCCCCN)c2)cc1NC(=O)c1ccccc1. The number of unbranched alkanes of at least 4 members (excludes halogenated alkanes) is 4. The van der Waals surface area contributed by atoms with Gasteiger partial charge in [-0.15, -0.1) is 0 Å². The number of anilines is 2. The average molecular weight is 510 g/mol. The van der Waals surface area contributed by atoms with E-state index in [1.54, 1.807) is 24.3 Å². The fourth-order valence-corrected chi connectivity index (χ4v) is 4.33. The van der Waals surface area contributed by atoms with Gasteiger partial charge in [0.2, 0.25) is 0 Å². The molecule has 1 heterocycles. The molecule has 0 bridgehead atoms. The molecular formula is C31H35N5O2. The number of imidazole rings is 1. The van der Waals surface area contributed by atoms with Gasteiger partial charge in [-0.05, 0) is 68.3 Å². The monoisotopic (exact) mass is 509 g/mol. The number of nitrogens with one attached hydrogen (secondary N) is 2. The predicted molar refractivity (Wildman–Crippen MR) is 153 cm³/mol. The van der Waals surface area contributed by atoms with Crippen LogP contribution in [0, 0.1) is 6.92 Å². The van der Waals surface area contributed by atoms with Crippen LogP contribution >= 0.6 is 0 Å². The van der Waals surface area contributed by atoms with Crippen molar-refractivity contribution in [2.75, 3.05) is 17.2 Å².